The molecule has 0 aromatic heterocycles. The van der Waals surface area contributed by atoms with Crippen molar-refractivity contribution in [2.24, 2.45) is 11.3 Å². The molecule has 0 saturated heterocycles. The maximum Gasteiger partial charge on any atom is -1.00 e. The van der Waals surface area contributed by atoms with E-state index in [2.05, 4.69) is 138 Å². The van der Waals surface area contributed by atoms with E-state index in [1.54, 1.807) is 25.6 Å². The van der Waals surface area contributed by atoms with Crippen LogP contribution in [0.5, 0.6) is 0 Å². The van der Waals surface area contributed by atoms with Crippen LogP contribution in [0.25, 0.3) is 11.1 Å². The van der Waals surface area contributed by atoms with Crippen molar-refractivity contribution >= 4 is 3.71 Å². The molecule has 0 N–H and O–H groups in total. The summed E-state index contributed by atoms with van der Waals surface area (Å²) in [5.41, 5.74) is 12.3. The average Bonchev–Trinajstić information content (AvgIpc) is 3.31. The van der Waals surface area contributed by atoms with Crippen molar-refractivity contribution < 1.29 is 46.1 Å². The van der Waals surface area contributed by atoms with E-state index in [0.717, 1.165) is 0 Å². The van der Waals surface area contributed by atoms with E-state index in [9.17, 15) is 0 Å². The van der Waals surface area contributed by atoms with Gasteiger partial charge in [-0.1, -0.05) is 0 Å². The molecule has 5 rings (SSSR count). The minimum absolute atomic E-state index is 0. The van der Waals surface area contributed by atoms with Gasteiger partial charge in [-0.15, -0.1) is 0 Å². The van der Waals surface area contributed by atoms with Crippen LogP contribution in [0.2, 0.25) is 0 Å². The predicted molar refractivity (Wildman–Crippen MR) is 153 cm³/mol. The molecule has 0 saturated carbocycles. The molecule has 0 amide bonds. The fourth-order valence-corrected chi connectivity index (χ4v) is 15.0. The van der Waals surface area contributed by atoms with Gasteiger partial charge >= 0.3 is 227 Å². The molecule has 0 radical (unpaired) electrons. The van der Waals surface area contributed by atoms with E-state index < -0.39 is 21.3 Å². The van der Waals surface area contributed by atoms with Gasteiger partial charge in [0.1, 0.15) is 0 Å². The van der Waals surface area contributed by atoms with E-state index in [-0.39, 0.29) is 35.6 Å². The summed E-state index contributed by atoms with van der Waals surface area (Å²) in [6, 6.07) is 27.8. The third-order valence-electron chi connectivity index (χ3n) is 8.04. The van der Waals surface area contributed by atoms with Gasteiger partial charge in [-0.2, -0.15) is 0 Å². The van der Waals surface area contributed by atoms with Crippen LogP contribution in [0, 0.1) is 11.3 Å². The van der Waals surface area contributed by atoms with Crippen LogP contribution < -0.4 is 24.8 Å². The largest absolute Gasteiger partial charge is 1.00 e. The van der Waals surface area contributed by atoms with Gasteiger partial charge in [0.05, 0.1) is 0 Å². The Balaban J connectivity index is 0.00000200. The summed E-state index contributed by atoms with van der Waals surface area (Å²) in [7, 11) is 0. The second-order valence-electron chi connectivity index (χ2n) is 12.7. The Kier molecular flexibility index (Phi) is 9.41. The van der Waals surface area contributed by atoms with E-state index >= 15 is 0 Å². The summed E-state index contributed by atoms with van der Waals surface area (Å²) in [5.74, 6) is 0.513. The predicted octanol–water partition coefficient (Wildman–Crippen LogP) is 3.43. The molecule has 2 aliphatic carbocycles. The van der Waals surface area contributed by atoms with Crippen LogP contribution in [-0.2, 0) is 26.7 Å². The van der Waals surface area contributed by atoms with E-state index in [0.29, 0.717) is 9.54 Å². The molecular weight excluding hydrogens is 583 g/mol. The molecule has 38 heavy (non-hydrogen) atoms. The van der Waals surface area contributed by atoms with Gasteiger partial charge < -0.3 is 24.8 Å². The van der Waals surface area contributed by atoms with Crippen LogP contribution in [0.15, 0.2) is 93.3 Å². The topological polar surface area (TPSA) is 0 Å². The summed E-state index contributed by atoms with van der Waals surface area (Å²) >= 11 is -2.42. The molecule has 3 aromatic carbocycles. The Labute approximate surface area is 250 Å². The van der Waals surface area contributed by atoms with Crippen molar-refractivity contribution in [1.29, 1.82) is 0 Å². The first kappa shape index (κ1) is 31.0. The molecule has 0 heterocycles. The van der Waals surface area contributed by atoms with Crippen LogP contribution in [0.1, 0.15) is 81.3 Å². The van der Waals surface area contributed by atoms with Gasteiger partial charge in [0, 0.05) is 0 Å². The first-order valence-corrected chi connectivity index (χ1v) is 17.5. The number of halogens is 2. The van der Waals surface area contributed by atoms with Crippen molar-refractivity contribution in [2.45, 2.75) is 64.4 Å². The molecule has 0 aliphatic heterocycles. The van der Waals surface area contributed by atoms with Crippen LogP contribution in [0.3, 0.4) is 0 Å². The number of hydrogen-bond acceptors (Lipinski definition) is 0. The normalized spacial score (nSPS) is 16.9. The van der Waals surface area contributed by atoms with Crippen LogP contribution in [0.4, 0.5) is 0 Å². The summed E-state index contributed by atoms with van der Waals surface area (Å²) in [6.07, 6.45) is 2.58. The maximum atomic E-state index is 2.76. The molecule has 0 spiro atoms. The minimum atomic E-state index is -2.42. The first-order valence-electron chi connectivity index (χ1n) is 13.4. The summed E-state index contributed by atoms with van der Waals surface area (Å²) in [5, 5.41) is 0. The quantitative estimate of drug-likeness (QED) is 0.420. The Morgan fingerprint density at radius 3 is 1.63 bits per heavy atom. The minimum Gasteiger partial charge on any atom is -1.00 e. The van der Waals surface area contributed by atoms with E-state index in [4.69, 9.17) is 0 Å². The standard InChI is InChI=1S/C13H9.C11H17.C11H14.2ClH.Zr/c1-3-7-12-10(5-1)9-11-6-2-4-8-13(11)12;1-8-6-9(2)10(7-8)11(3,4)5;1-9-5-7-10(8-6-9)11(2,3)4;;;/h1-9H;7-8H,1-5H3;1,5-8H,2-4H3;2*1H;/q;;;;;+2/p-2. The number of benzene rings is 3. The number of rotatable bonds is 3. The SMILES string of the molecule is CC1=[C](/[Zr+2](=[CH]/c2ccc(C(C)(C)C)cc2)[CH]2c3ccccc3-c3ccccc32)C(C)C=C1C(C)(C)C.[Cl-].[Cl-]. The second kappa shape index (κ2) is 11.5. The zero-order valence-electron chi connectivity index (χ0n) is 24.0. The molecule has 1 atom stereocenters. The number of allylic oxidation sites excluding steroid dienone is 4. The number of fused-ring (bicyclic) bond motifs is 3. The van der Waals surface area contributed by atoms with Crippen molar-refractivity contribution in [3.05, 3.63) is 116 Å². The van der Waals surface area contributed by atoms with Crippen molar-refractivity contribution in [2.75, 3.05) is 0 Å². The Morgan fingerprint density at radius 2 is 1.18 bits per heavy atom. The van der Waals surface area contributed by atoms with E-state index in [1.807, 2.05) is 0 Å². The summed E-state index contributed by atoms with van der Waals surface area (Å²) in [4.78, 5) is 0. The number of hydrogen-bond donors (Lipinski definition) is 0. The van der Waals surface area contributed by atoms with Gasteiger partial charge in [0.2, 0.25) is 0 Å². The monoisotopic (exact) mass is 620 g/mol. The Bertz CT molecular complexity index is 1360. The molecule has 0 nitrogen and oxygen atoms in total. The Morgan fingerprint density at radius 1 is 0.684 bits per heavy atom. The molecule has 3 heteroatoms. The van der Waals surface area contributed by atoms with Gasteiger partial charge in [-0.05, 0) is 0 Å². The average molecular weight is 623 g/mol. The zero-order chi connectivity index (χ0) is 25.8. The summed E-state index contributed by atoms with van der Waals surface area (Å²) in [6.45, 7) is 18.9. The third kappa shape index (κ3) is 5.68. The third-order valence-corrected chi connectivity index (χ3v) is 16.3. The first-order chi connectivity index (χ1) is 17.0. The molecule has 3 aromatic rings. The van der Waals surface area contributed by atoms with Gasteiger partial charge in [0.25, 0.3) is 0 Å². The molecule has 1 unspecified atom stereocenters. The maximum absolute atomic E-state index is 2.76. The van der Waals surface area contributed by atoms with Crippen LogP contribution >= 0.6 is 0 Å². The molecule has 0 fully saturated rings. The van der Waals surface area contributed by atoms with Crippen LogP contribution in [-0.4, -0.2) is 3.71 Å². The van der Waals surface area contributed by atoms with Gasteiger partial charge in [-0.25, -0.2) is 0 Å². The van der Waals surface area contributed by atoms with E-state index in [1.165, 1.54) is 22.3 Å². The fourth-order valence-electron chi connectivity index (χ4n) is 6.30. The Hall–Kier alpha value is -1.53. The van der Waals surface area contributed by atoms with Crippen molar-refractivity contribution in [3.63, 3.8) is 0 Å². The smallest absolute Gasteiger partial charge is 1.00 e. The molecule has 0 bridgehead atoms. The summed E-state index contributed by atoms with van der Waals surface area (Å²) < 4.78 is 5.05. The van der Waals surface area contributed by atoms with Crippen molar-refractivity contribution in [3.8, 4) is 11.1 Å². The molecular formula is C35H40Cl2Zr. The fraction of sp³-hybridized carbons (Fsp3) is 0.343. The zero-order valence-corrected chi connectivity index (χ0v) is 28.0. The van der Waals surface area contributed by atoms with Gasteiger partial charge in [0.15, 0.2) is 0 Å². The molecule has 198 valence electrons. The van der Waals surface area contributed by atoms with Crippen molar-refractivity contribution in [1.82, 2.24) is 0 Å². The second-order valence-corrected chi connectivity index (χ2v) is 18.4. The van der Waals surface area contributed by atoms with Gasteiger partial charge in [-0.3, -0.25) is 0 Å². The molecule has 2 aliphatic rings.